The van der Waals surface area contributed by atoms with Crippen molar-refractivity contribution in [2.75, 3.05) is 5.32 Å². The van der Waals surface area contributed by atoms with Gasteiger partial charge in [0, 0.05) is 11.9 Å². The minimum absolute atomic E-state index is 0.123. The summed E-state index contributed by atoms with van der Waals surface area (Å²) in [6, 6.07) is 14.6. The van der Waals surface area contributed by atoms with Crippen LogP contribution in [0.3, 0.4) is 0 Å². The van der Waals surface area contributed by atoms with E-state index in [1.165, 1.54) is 16.3 Å². The Morgan fingerprint density at radius 2 is 1.77 bits per heavy atom. The zero-order chi connectivity index (χ0) is 22.1. The number of anilines is 1. The molecule has 160 valence electrons. The van der Waals surface area contributed by atoms with E-state index in [1.54, 1.807) is 45.2 Å². The number of hydrogen-bond donors (Lipinski definition) is 1. The van der Waals surface area contributed by atoms with Crippen LogP contribution in [0.5, 0.6) is 0 Å². The summed E-state index contributed by atoms with van der Waals surface area (Å²) in [7, 11) is 0. The predicted molar refractivity (Wildman–Crippen MR) is 118 cm³/mol. The summed E-state index contributed by atoms with van der Waals surface area (Å²) in [6.07, 6.45) is 2.36. The second kappa shape index (κ2) is 8.14. The predicted octanol–water partition coefficient (Wildman–Crippen LogP) is 4.39. The Balaban J connectivity index is 1.64. The fraction of sp³-hybridized carbons (Fsp3) is 0.318. The molecular weight excluding hydrogens is 414 g/mol. The Hall–Kier alpha value is -3.20. The van der Waals surface area contributed by atoms with E-state index < -0.39 is 16.4 Å². The van der Waals surface area contributed by atoms with E-state index in [2.05, 4.69) is 20.5 Å². The highest BCUT2D eigenvalue weighted by Crippen LogP contribution is 2.52. The van der Waals surface area contributed by atoms with Crippen molar-refractivity contribution in [1.82, 2.24) is 19.7 Å². The van der Waals surface area contributed by atoms with Crippen LogP contribution in [0.1, 0.15) is 33.6 Å². The van der Waals surface area contributed by atoms with Crippen LogP contribution in [0.4, 0.5) is 10.5 Å². The summed E-state index contributed by atoms with van der Waals surface area (Å²) in [4.78, 5) is 30.3. The van der Waals surface area contributed by atoms with E-state index in [0.717, 1.165) is 5.69 Å². The molecule has 1 N–H and O–H groups in total. The maximum Gasteiger partial charge on any atom is 0.422 e. The molecule has 9 heteroatoms. The number of thioether (sulfide) groups is 1. The van der Waals surface area contributed by atoms with Crippen molar-refractivity contribution >= 4 is 29.4 Å². The lowest BCUT2D eigenvalue weighted by Gasteiger charge is -2.21. The van der Waals surface area contributed by atoms with Gasteiger partial charge in [-0.1, -0.05) is 36.0 Å². The number of nitrogens with zero attached hydrogens (tertiary/aromatic N) is 4. The molecule has 0 atom stereocenters. The molecule has 31 heavy (non-hydrogen) atoms. The monoisotopic (exact) mass is 437 g/mol. The number of para-hydroxylation sites is 1. The number of carbonyl (C=O) groups is 2. The molecule has 0 bridgehead atoms. The summed E-state index contributed by atoms with van der Waals surface area (Å²) in [5.74, 6) is 0.151. The summed E-state index contributed by atoms with van der Waals surface area (Å²) >= 11 is 1.23. The van der Waals surface area contributed by atoms with Crippen molar-refractivity contribution in [3.05, 3.63) is 54.7 Å². The van der Waals surface area contributed by atoms with Crippen molar-refractivity contribution in [2.24, 2.45) is 0 Å². The van der Waals surface area contributed by atoms with Crippen LogP contribution in [0.15, 0.2) is 59.9 Å². The molecule has 0 spiro atoms. The molecule has 4 rings (SSSR count). The van der Waals surface area contributed by atoms with Crippen LogP contribution >= 0.6 is 11.8 Å². The van der Waals surface area contributed by atoms with Crippen LogP contribution < -0.4 is 5.32 Å². The zero-order valence-corrected chi connectivity index (χ0v) is 18.3. The molecule has 2 aromatic heterocycles. The molecule has 2 heterocycles. The average Bonchev–Trinajstić information content (AvgIpc) is 3.39. The van der Waals surface area contributed by atoms with E-state index in [1.807, 2.05) is 30.3 Å². The number of benzene rings is 1. The first-order chi connectivity index (χ1) is 14.8. The fourth-order valence-corrected chi connectivity index (χ4v) is 4.03. The molecule has 1 aliphatic carbocycles. The number of nitrogens with one attached hydrogen (secondary N) is 1. The number of pyridine rings is 1. The maximum absolute atomic E-state index is 13.0. The van der Waals surface area contributed by atoms with Crippen LogP contribution in [-0.4, -0.2) is 42.1 Å². The smallest absolute Gasteiger partial charge is 0.422 e. The Bertz CT molecular complexity index is 1090. The van der Waals surface area contributed by atoms with E-state index in [0.29, 0.717) is 23.7 Å². The van der Waals surface area contributed by atoms with Gasteiger partial charge in [-0.25, -0.2) is 9.36 Å². The quantitative estimate of drug-likeness (QED) is 0.632. The van der Waals surface area contributed by atoms with Gasteiger partial charge in [-0.15, -0.1) is 10.2 Å². The normalized spacial score (nSPS) is 14.7. The molecule has 1 aromatic carbocycles. The molecular formula is C22H23N5O3S. The summed E-state index contributed by atoms with van der Waals surface area (Å²) < 4.78 is 6.17. The number of hydrogen-bond acceptors (Lipinski definition) is 7. The van der Waals surface area contributed by atoms with Gasteiger partial charge >= 0.3 is 6.09 Å². The first-order valence-electron chi connectivity index (χ1n) is 9.93. The minimum atomic E-state index is -0.704. The molecule has 1 aliphatic rings. The van der Waals surface area contributed by atoms with Gasteiger partial charge in [-0.3, -0.25) is 9.78 Å². The van der Waals surface area contributed by atoms with Crippen molar-refractivity contribution in [3.8, 4) is 11.5 Å². The molecule has 0 unspecified atom stereocenters. The Kier molecular flexibility index (Phi) is 5.53. The molecule has 3 aromatic rings. The van der Waals surface area contributed by atoms with Crippen molar-refractivity contribution in [1.29, 1.82) is 0 Å². The summed E-state index contributed by atoms with van der Waals surface area (Å²) in [5, 5.41) is 11.6. The average molecular weight is 438 g/mol. The summed E-state index contributed by atoms with van der Waals surface area (Å²) in [5.41, 5.74) is 0.514. The first kappa shape index (κ1) is 21.0. The number of aromatic nitrogens is 4. The van der Waals surface area contributed by atoms with Gasteiger partial charge in [0.15, 0.2) is 5.82 Å². The van der Waals surface area contributed by atoms with Gasteiger partial charge in [-0.05, 0) is 57.9 Å². The molecule has 1 saturated carbocycles. The van der Waals surface area contributed by atoms with Crippen LogP contribution in [0, 0.1) is 0 Å². The van der Waals surface area contributed by atoms with E-state index in [4.69, 9.17) is 4.74 Å². The number of rotatable bonds is 5. The second-order valence-corrected chi connectivity index (χ2v) is 9.60. The molecule has 0 saturated heterocycles. The standard InChI is InChI=1S/C22H23N5O3S/c1-21(2,3)30-20(29)27-17(16-11-7-8-14-23-16)25-26-19(27)31-22(12-13-22)18(28)24-15-9-5-4-6-10-15/h4-11,14H,12-13H2,1-3H3,(H,24,28). The third-order valence-corrected chi connectivity index (χ3v) is 5.97. The van der Waals surface area contributed by atoms with Gasteiger partial charge in [0.25, 0.3) is 0 Å². The third-order valence-electron chi connectivity index (χ3n) is 4.54. The zero-order valence-electron chi connectivity index (χ0n) is 17.5. The van der Waals surface area contributed by atoms with Crippen molar-refractivity contribution in [3.63, 3.8) is 0 Å². The van der Waals surface area contributed by atoms with Gasteiger partial charge in [0.2, 0.25) is 11.1 Å². The van der Waals surface area contributed by atoms with Crippen LogP contribution in [-0.2, 0) is 9.53 Å². The Morgan fingerprint density at radius 1 is 1.06 bits per heavy atom. The molecule has 1 amide bonds. The topological polar surface area (TPSA) is 99.0 Å². The second-order valence-electron chi connectivity index (χ2n) is 8.25. The van der Waals surface area contributed by atoms with Crippen LogP contribution in [0.2, 0.25) is 0 Å². The highest BCUT2D eigenvalue weighted by molar-refractivity contribution is 8.01. The maximum atomic E-state index is 13.0. The van der Waals surface area contributed by atoms with E-state index >= 15 is 0 Å². The Morgan fingerprint density at radius 3 is 2.39 bits per heavy atom. The van der Waals surface area contributed by atoms with Crippen molar-refractivity contribution < 1.29 is 14.3 Å². The molecule has 0 aliphatic heterocycles. The summed E-state index contributed by atoms with van der Waals surface area (Å²) in [6.45, 7) is 5.37. The van der Waals surface area contributed by atoms with Gasteiger partial charge in [-0.2, -0.15) is 0 Å². The van der Waals surface area contributed by atoms with Crippen molar-refractivity contribution in [2.45, 2.75) is 49.1 Å². The van der Waals surface area contributed by atoms with E-state index in [-0.39, 0.29) is 11.7 Å². The third kappa shape index (κ3) is 4.77. The largest absolute Gasteiger partial charge is 0.443 e. The van der Waals surface area contributed by atoms with Gasteiger partial charge < -0.3 is 10.1 Å². The lowest BCUT2D eigenvalue weighted by Crippen LogP contribution is -2.30. The molecule has 0 radical (unpaired) electrons. The molecule has 1 fully saturated rings. The number of amides is 1. The highest BCUT2D eigenvalue weighted by atomic mass is 32.2. The lowest BCUT2D eigenvalue weighted by atomic mass is 10.2. The highest BCUT2D eigenvalue weighted by Gasteiger charge is 2.52. The van der Waals surface area contributed by atoms with E-state index in [9.17, 15) is 9.59 Å². The first-order valence-corrected chi connectivity index (χ1v) is 10.7. The lowest BCUT2D eigenvalue weighted by molar-refractivity contribution is -0.116. The molecule has 8 nitrogen and oxygen atoms in total. The number of carbonyl (C=O) groups excluding carboxylic acids is 2. The SMILES string of the molecule is CC(C)(C)OC(=O)n1c(SC2(C(=O)Nc3ccccc3)CC2)nnc1-c1ccccn1. The van der Waals surface area contributed by atoms with Gasteiger partial charge in [0.05, 0.1) is 0 Å². The number of ether oxygens (including phenoxy) is 1. The minimum Gasteiger partial charge on any atom is -0.443 e. The fourth-order valence-electron chi connectivity index (χ4n) is 2.90. The van der Waals surface area contributed by atoms with Crippen LogP contribution in [0.25, 0.3) is 11.5 Å². The van der Waals surface area contributed by atoms with Gasteiger partial charge in [0.1, 0.15) is 16.0 Å². The Labute approximate surface area is 184 Å².